The maximum atomic E-state index is 13.1. The average molecular weight is 1450 g/mol. The van der Waals surface area contributed by atoms with E-state index in [-0.39, 0.29) is 25.7 Å². The first kappa shape index (κ1) is 96.2. The lowest BCUT2D eigenvalue weighted by atomic mass is 10.0. The predicted octanol–water partition coefficient (Wildman–Crippen LogP) is 23.0. The number of phosphoric ester groups is 2. The fourth-order valence-corrected chi connectivity index (χ4v) is 12.3. The number of unbranched alkanes of at least 4 members (excludes halogenated alkanes) is 35. The summed E-state index contributed by atoms with van der Waals surface area (Å²) < 4.78 is 68.5. The highest BCUT2D eigenvalue weighted by atomic mass is 31.2. The van der Waals surface area contributed by atoms with Crippen LogP contribution in [0.3, 0.4) is 0 Å². The van der Waals surface area contributed by atoms with Crippen molar-refractivity contribution in [2.75, 3.05) is 39.6 Å². The van der Waals surface area contributed by atoms with Crippen molar-refractivity contribution >= 4 is 39.5 Å². The van der Waals surface area contributed by atoms with Crippen LogP contribution in [0.5, 0.6) is 0 Å². The van der Waals surface area contributed by atoms with E-state index < -0.39 is 97.5 Å². The molecule has 0 aliphatic rings. The van der Waals surface area contributed by atoms with Crippen LogP contribution in [0.1, 0.15) is 349 Å². The molecule has 19 heteroatoms. The predicted molar refractivity (Wildman–Crippen MR) is 409 cm³/mol. The highest BCUT2D eigenvalue weighted by Crippen LogP contribution is 2.45. The summed E-state index contributed by atoms with van der Waals surface area (Å²) in [5, 5.41) is 10.6. The molecule has 17 nitrogen and oxygen atoms in total. The Morgan fingerprint density at radius 2 is 0.530 bits per heavy atom. The zero-order valence-electron chi connectivity index (χ0n) is 63.4. The zero-order chi connectivity index (χ0) is 73.2. The average Bonchev–Trinajstić information content (AvgIpc) is 0.939. The van der Waals surface area contributed by atoms with Crippen LogP contribution in [-0.2, 0) is 65.4 Å². The van der Waals surface area contributed by atoms with Crippen LogP contribution in [0.4, 0.5) is 0 Å². The number of phosphoric acid groups is 2. The second-order valence-electron chi connectivity index (χ2n) is 26.6. The number of carbonyl (C=O) groups is 4. The van der Waals surface area contributed by atoms with Gasteiger partial charge in [0.05, 0.1) is 26.4 Å². The van der Waals surface area contributed by atoms with E-state index in [1.165, 1.54) is 83.5 Å². The Morgan fingerprint density at radius 3 is 0.860 bits per heavy atom. The first-order valence-corrected chi connectivity index (χ1v) is 42.8. The lowest BCUT2D eigenvalue weighted by Gasteiger charge is -2.21. The van der Waals surface area contributed by atoms with Crippen LogP contribution in [0.15, 0.2) is 85.1 Å². The summed E-state index contributed by atoms with van der Waals surface area (Å²) in [7, 11) is -9.95. The molecule has 0 amide bonds. The van der Waals surface area contributed by atoms with E-state index in [9.17, 15) is 43.2 Å². The van der Waals surface area contributed by atoms with Crippen molar-refractivity contribution in [1.82, 2.24) is 0 Å². The number of aliphatic hydroxyl groups is 1. The Kier molecular flexibility index (Phi) is 70.8. The van der Waals surface area contributed by atoms with Crippen molar-refractivity contribution in [1.29, 1.82) is 0 Å². The second-order valence-corrected chi connectivity index (χ2v) is 29.5. The number of allylic oxidation sites excluding steroid dienone is 14. The molecule has 0 spiro atoms. The van der Waals surface area contributed by atoms with Gasteiger partial charge in [-0.25, -0.2) is 9.13 Å². The fraction of sp³-hybridized carbons (Fsp3) is 0.778. The van der Waals surface area contributed by atoms with Gasteiger partial charge in [0.25, 0.3) is 0 Å². The molecule has 0 saturated heterocycles. The maximum absolute atomic E-state index is 13.1. The van der Waals surface area contributed by atoms with Gasteiger partial charge in [-0.1, -0.05) is 293 Å². The van der Waals surface area contributed by atoms with E-state index in [0.29, 0.717) is 25.7 Å². The number of ether oxygens (including phenoxy) is 4. The highest BCUT2D eigenvalue weighted by molar-refractivity contribution is 7.47. The van der Waals surface area contributed by atoms with Crippen LogP contribution < -0.4 is 0 Å². The van der Waals surface area contributed by atoms with Crippen LogP contribution in [0, 0.1) is 0 Å². The molecule has 0 aromatic rings. The molecule has 0 saturated carbocycles. The Balaban J connectivity index is 5.29. The van der Waals surface area contributed by atoms with Crippen molar-refractivity contribution in [3.05, 3.63) is 85.1 Å². The number of hydrogen-bond donors (Lipinski definition) is 3. The summed E-state index contributed by atoms with van der Waals surface area (Å²) >= 11 is 0. The number of esters is 4. The molecule has 0 heterocycles. The minimum atomic E-state index is -4.97. The monoisotopic (exact) mass is 1450 g/mol. The summed E-state index contributed by atoms with van der Waals surface area (Å²) in [5.74, 6) is -2.19. The molecule has 0 bridgehead atoms. The minimum absolute atomic E-state index is 0.0831. The molecular weight excluding hydrogens is 1310 g/mol. The van der Waals surface area contributed by atoms with Crippen molar-refractivity contribution in [3.63, 3.8) is 0 Å². The summed E-state index contributed by atoms with van der Waals surface area (Å²) in [5.41, 5.74) is 0. The van der Waals surface area contributed by atoms with Gasteiger partial charge in [0.2, 0.25) is 0 Å². The van der Waals surface area contributed by atoms with Crippen molar-refractivity contribution in [2.45, 2.75) is 367 Å². The van der Waals surface area contributed by atoms with Crippen LogP contribution in [0.25, 0.3) is 0 Å². The summed E-state index contributed by atoms with van der Waals surface area (Å²) in [4.78, 5) is 72.9. The molecule has 0 aromatic heterocycles. The normalized spacial score (nSPS) is 14.3. The van der Waals surface area contributed by atoms with Gasteiger partial charge in [-0.15, -0.1) is 0 Å². The Morgan fingerprint density at radius 1 is 0.290 bits per heavy atom. The molecule has 0 rings (SSSR count). The van der Waals surface area contributed by atoms with E-state index in [4.69, 9.17) is 37.0 Å². The van der Waals surface area contributed by atoms with Gasteiger partial charge in [-0.05, 0) is 116 Å². The second kappa shape index (κ2) is 73.5. The summed E-state index contributed by atoms with van der Waals surface area (Å²) in [6, 6.07) is 0. The first-order chi connectivity index (χ1) is 48.7. The van der Waals surface area contributed by atoms with Gasteiger partial charge in [0, 0.05) is 25.7 Å². The third-order valence-corrected chi connectivity index (χ3v) is 18.7. The maximum Gasteiger partial charge on any atom is 0.472 e. The van der Waals surface area contributed by atoms with E-state index >= 15 is 0 Å². The van der Waals surface area contributed by atoms with Gasteiger partial charge >= 0.3 is 39.5 Å². The van der Waals surface area contributed by atoms with Gasteiger partial charge in [-0.3, -0.25) is 37.3 Å². The Labute approximate surface area is 608 Å². The number of rotatable bonds is 75. The highest BCUT2D eigenvalue weighted by Gasteiger charge is 2.30. The molecule has 5 atom stereocenters. The Hall–Kier alpha value is -3.76. The SMILES string of the molecule is CC/C=C\C/C=C\C/C=C\CCCCCCCCCC(=O)OCC(COP(=O)(O)OCC(O)COP(=O)(O)OCC(COC(=O)CCCCCCCC/C=C\C/C=C\C/C=C\CCCCC)OC(=O)CCCCCCC/C=C\CCCC)OC(=O)CCCCCCCCCCCCCCC. The third-order valence-electron chi connectivity index (χ3n) is 16.8. The largest absolute Gasteiger partial charge is 0.472 e. The molecule has 0 aliphatic carbocycles. The lowest BCUT2D eigenvalue weighted by Crippen LogP contribution is -2.30. The van der Waals surface area contributed by atoms with E-state index in [1.807, 2.05) is 0 Å². The number of hydrogen-bond acceptors (Lipinski definition) is 15. The third kappa shape index (κ3) is 72.6. The Bertz CT molecular complexity index is 2230. The molecule has 0 fully saturated rings. The first-order valence-electron chi connectivity index (χ1n) is 39.8. The molecule has 5 unspecified atom stereocenters. The number of carbonyl (C=O) groups excluding carboxylic acids is 4. The quantitative estimate of drug-likeness (QED) is 0.0169. The van der Waals surface area contributed by atoms with Crippen LogP contribution >= 0.6 is 15.6 Å². The molecule has 0 aliphatic heterocycles. The zero-order valence-corrected chi connectivity index (χ0v) is 65.2. The van der Waals surface area contributed by atoms with Gasteiger partial charge < -0.3 is 33.8 Å². The number of aliphatic hydroxyl groups excluding tert-OH is 1. The minimum Gasteiger partial charge on any atom is -0.462 e. The van der Waals surface area contributed by atoms with E-state index in [1.54, 1.807) is 0 Å². The molecular formula is C81H144O17P2. The van der Waals surface area contributed by atoms with Crippen LogP contribution in [-0.4, -0.2) is 96.7 Å². The van der Waals surface area contributed by atoms with Gasteiger partial charge in [0.1, 0.15) is 19.3 Å². The topological polar surface area (TPSA) is 237 Å². The lowest BCUT2D eigenvalue weighted by molar-refractivity contribution is -0.161. The standard InChI is InChI=1S/C81H144O17P2/c1-5-9-13-17-21-25-29-32-34-36-37-39-41-44-47-50-54-58-62-66-78(83)91-71-76(97-80(85)67-63-59-55-51-45-28-24-20-16-12-8-4)73-95-99(87,88)93-69-75(82)70-94-100(89,90)96-74-77(98-81(86)68-64-60-56-52-48-42-31-27-23-19-15-11-7-3)72-92-79(84)65-61-57-53-49-46-43-40-38-35-33-30-26-22-18-14-10-6-2/h10,14,20-22,24-26,32-35,37,39,75-77,82H,5-9,11-13,15-19,23,27-31,36,38,40-74H2,1-4H3,(H,87,88)(H,89,90)/b14-10-,24-20-,25-21-,26-22-,34-32-,35-33-,39-37-. The van der Waals surface area contributed by atoms with E-state index in [0.717, 1.165) is 186 Å². The molecule has 100 heavy (non-hydrogen) atoms. The molecule has 580 valence electrons. The fourth-order valence-electron chi connectivity index (χ4n) is 10.8. The van der Waals surface area contributed by atoms with Gasteiger partial charge in [0.15, 0.2) is 12.2 Å². The smallest absolute Gasteiger partial charge is 0.462 e. The molecule has 3 N–H and O–H groups in total. The van der Waals surface area contributed by atoms with E-state index in [2.05, 4.69) is 113 Å². The molecule has 0 aromatic carbocycles. The molecule has 0 radical (unpaired) electrons. The van der Waals surface area contributed by atoms with Crippen LogP contribution in [0.2, 0.25) is 0 Å². The van der Waals surface area contributed by atoms with Crippen molar-refractivity contribution in [2.24, 2.45) is 0 Å². The van der Waals surface area contributed by atoms with Gasteiger partial charge in [-0.2, -0.15) is 0 Å². The summed E-state index contributed by atoms with van der Waals surface area (Å²) in [6.07, 6.45) is 75.6. The van der Waals surface area contributed by atoms with Crippen molar-refractivity contribution < 1.29 is 80.2 Å². The summed E-state index contributed by atoms with van der Waals surface area (Å²) in [6.45, 7) is 4.71. The van der Waals surface area contributed by atoms with Crippen molar-refractivity contribution in [3.8, 4) is 0 Å².